The number of aromatic hydroxyl groups is 1. The number of carbonyl (C=O) groups excluding carboxylic acids is 1. The lowest BCUT2D eigenvalue weighted by atomic mass is 9.68. The van der Waals surface area contributed by atoms with Gasteiger partial charge in [0, 0.05) is 17.7 Å². The van der Waals surface area contributed by atoms with Crippen LogP contribution in [0, 0.1) is 0 Å². The summed E-state index contributed by atoms with van der Waals surface area (Å²) >= 11 is 0. The predicted octanol–water partition coefficient (Wildman–Crippen LogP) is 2.69. The first-order valence-corrected chi connectivity index (χ1v) is 8.07. The van der Waals surface area contributed by atoms with Crippen molar-refractivity contribution in [2.24, 2.45) is 0 Å². The van der Waals surface area contributed by atoms with Gasteiger partial charge >= 0.3 is 0 Å². The fourth-order valence-electron chi connectivity index (χ4n) is 4.30. The van der Waals surface area contributed by atoms with Crippen molar-refractivity contribution in [1.82, 2.24) is 4.90 Å². The van der Waals surface area contributed by atoms with Gasteiger partial charge in [0.1, 0.15) is 11.3 Å². The molecule has 3 aliphatic rings. The lowest BCUT2D eigenvalue weighted by Gasteiger charge is -2.46. The van der Waals surface area contributed by atoms with Gasteiger partial charge in [-0.1, -0.05) is 0 Å². The summed E-state index contributed by atoms with van der Waals surface area (Å²) in [5.41, 5.74) is 3.68. The average molecular weight is 323 g/mol. The molecule has 2 aliphatic heterocycles. The van der Waals surface area contributed by atoms with Gasteiger partial charge < -0.3 is 14.6 Å². The van der Waals surface area contributed by atoms with Gasteiger partial charge in [-0.05, 0) is 61.3 Å². The standard InChI is InChI=1S/C19H17NO4/c1-19-16-10(5-6-20(19)2)7-14-17(24-9-23-14)15(16)12-4-3-11(21)8-13(12)18(19)22/h3-4,7-8,21H,5-6,9H2,1-2H3/t19-/m0/s1. The van der Waals surface area contributed by atoms with Gasteiger partial charge in [0.2, 0.25) is 6.79 Å². The Hall–Kier alpha value is -2.53. The highest BCUT2D eigenvalue weighted by atomic mass is 16.7. The first-order chi connectivity index (χ1) is 11.5. The first kappa shape index (κ1) is 13.9. The molecule has 0 bridgehead atoms. The highest BCUT2D eigenvalue weighted by molar-refractivity contribution is 6.14. The van der Waals surface area contributed by atoms with Crippen LogP contribution in [0.15, 0.2) is 24.3 Å². The molecule has 122 valence electrons. The summed E-state index contributed by atoms with van der Waals surface area (Å²) in [5, 5.41) is 9.90. The lowest BCUT2D eigenvalue weighted by Crippen LogP contribution is -2.53. The van der Waals surface area contributed by atoms with E-state index in [9.17, 15) is 9.90 Å². The summed E-state index contributed by atoms with van der Waals surface area (Å²) in [4.78, 5) is 15.4. The summed E-state index contributed by atoms with van der Waals surface area (Å²) < 4.78 is 11.4. The Kier molecular flexibility index (Phi) is 2.49. The zero-order valence-electron chi connectivity index (χ0n) is 13.5. The van der Waals surface area contributed by atoms with E-state index in [0.29, 0.717) is 11.3 Å². The van der Waals surface area contributed by atoms with Gasteiger partial charge in [0.05, 0.1) is 0 Å². The van der Waals surface area contributed by atoms with Crippen LogP contribution in [0.4, 0.5) is 0 Å². The second-order valence-corrected chi connectivity index (χ2v) is 6.82. The summed E-state index contributed by atoms with van der Waals surface area (Å²) in [6, 6.07) is 6.99. The second kappa shape index (κ2) is 4.30. The summed E-state index contributed by atoms with van der Waals surface area (Å²) in [5.74, 6) is 1.56. The number of Topliss-reactive ketones (excluding diaryl/α,β-unsaturated/α-hetero) is 1. The van der Waals surface area contributed by atoms with Crippen molar-refractivity contribution in [1.29, 1.82) is 0 Å². The summed E-state index contributed by atoms with van der Waals surface area (Å²) in [7, 11) is 1.98. The molecular formula is C19H17NO4. The monoisotopic (exact) mass is 323 g/mol. The molecule has 0 spiro atoms. The van der Waals surface area contributed by atoms with Gasteiger partial charge in [0.15, 0.2) is 17.3 Å². The fraction of sp³-hybridized carbons (Fsp3) is 0.316. The van der Waals surface area contributed by atoms with Gasteiger partial charge in [-0.15, -0.1) is 0 Å². The van der Waals surface area contributed by atoms with E-state index >= 15 is 0 Å². The first-order valence-electron chi connectivity index (χ1n) is 8.07. The zero-order chi connectivity index (χ0) is 16.6. The number of phenols is 1. The Bertz CT molecular complexity index is 920. The zero-order valence-corrected chi connectivity index (χ0v) is 13.5. The number of ketones is 1. The van der Waals surface area contributed by atoms with Crippen LogP contribution in [-0.2, 0) is 12.0 Å². The van der Waals surface area contributed by atoms with E-state index in [2.05, 4.69) is 4.90 Å². The van der Waals surface area contributed by atoms with Crippen molar-refractivity contribution in [2.45, 2.75) is 18.9 Å². The van der Waals surface area contributed by atoms with Crippen molar-refractivity contribution < 1.29 is 19.4 Å². The van der Waals surface area contributed by atoms with Crippen LogP contribution in [0.3, 0.4) is 0 Å². The molecule has 0 aromatic heterocycles. The van der Waals surface area contributed by atoms with Crippen molar-refractivity contribution in [2.75, 3.05) is 20.4 Å². The highest BCUT2D eigenvalue weighted by Crippen LogP contribution is 2.55. The number of hydrogen-bond donors (Lipinski definition) is 1. The smallest absolute Gasteiger partial charge is 0.231 e. The Morgan fingerprint density at radius 2 is 2.04 bits per heavy atom. The van der Waals surface area contributed by atoms with E-state index in [1.165, 1.54) is 0 Å². The minimum atomic E-state index is -0.759. The molecule has 0 saturated heterocycles. The number of ether oxygens (including phenoxy) is 2. The Morgan fingerprint density at radius 1 is 1.21 bits per heavy atom. The van der Waals surface area contributed by atoms with Crippen molar-refractivity contribution in [3.05, 3.63) is 41.0 Å². The molecule has 0 amide bonds. The van der Waals surface area contributed by atoms with Gasteiger partial charge in [-0.3, -0.25) is 9.69 Å². The molecule has 1 atom stereocenters. The van der Waals surface area contributed by atoms with Crippen LogP contribution in [0.2, 0.25) is 0 Å². The molecule has 0 fully saturated rings. The third kappa shape index (κ3) is 1.46. The Balaban J connectivity index is 1.96. The normalized spacial score (nSPS) is 23.8. The number of fused-ring (bicyclic) bond motifs is 4. The predicted molar refractivity (Wildman–Crippen MR) is 87.7 cm³/mol. The van der Waals surface area contributed by atoms with Gasteiger partial charge in [-0.25, -0.2) is 0 Å². The van der Waals surface area contributed by atoms with E-state index < -0.39 is 5.54 Å². The van der Waals surface area contributed by atoms with E-state index in [1.807, 2.05) is 20.0 Å². The minimum Gasteiger partial charge on any atom is -0.508 e. The quantitative estimate of drug-likeness (QED) is 0.808. The SMILES string of the molecule is CN1CCc2cc3c(c4c2[C@@]1(C)C(=O)c1cc(O)ccc1-4)OCO3. The second-order valence-electron chi connectivity index (χ2n) is 6.82. The molecule has 1 aliphatic carbocycles. The number of likely N-dealkylation sites (N-methyl/N-ethyl adjacent to an activating group) is 1. The molecule has 0 saturated carbocycles. The third-order valence-corrected chi connectivity index (χ3v) is 5.67. The molecular weight excluding hydrogens is 306 g/mol. The maximum atomic E-state index is 13.4. The van der Waals surface area contributed by atoms with Gasteiger partial charge in [0.25, 0.3) is 0 Å². The molecule has 2 aromatic carbocycles. The minimum absolute atomic E-state index is 0.0169. The number of phenolic OH excluding ortho intramolecular Hbond substituents is 1. The molecule has 5 rings (SSSR count). The number of carbonyl (C=O) groups is 1. The molecule has 5 nitrogen and oxygen atoms in total. The lowest BCUT2D eigenvalue weighted by molar-refractivity contribution is 0.0623. The average Bonchev–Trinajstić information content (AvgIpc) is 3.03. The Labute approximate surface area is 139 Å². The number of benzene rings is 2. The maximum Gasteiger partial charge on any atom is 0.231 e. The van der Waals surface area contributed by atoms with Crippen LogP contribution >= 0.6 is 0 Å². The molecule has 0 radical (unpaired) electrons. The van der Waals surface area contributed by atoms with Crippen LogP contribution < -0.4 is 9.47 Å². The fourth-order valence-corrected chi connectivity index (χ4v) is 4.30. The molecule has 24 heavy (non-hydrogen) atoms. The van der Waals surface area contributed by atoms with Crippen LogP contribution in [-0.4, -0.2) is 36.2 Å². The molecule has 1 N–H and O–H groups in total. The number of nitrogens with zero attached hydrogens (tertiary/aromatic N) is 1. The Morgan fingerprint density at radius 3 is 2.88 bits per heavy atom. The van der Waals surface area contributed by atoms with E-state index in [0.717, 1.165) is 41.0 Å². The number of rotatable bonds is 0. The molecule has 2 aromatic rings. The molecule has 0 unspecified atom stereocenters. The number of hydrogen-bond acceptors (Lipinski definition) is 5. The van der Waals surface area contributed by atoms with E-state index in [4.69, 9.17) is 9.47 Å². The van der Waals surface area contributed by atoms with Crippen molar-refractivity contribution in [3.8, 4) is 28.4 Å². The van der Waals surface area contributed by atoms with Crippen molar-refractivity contribution in [3.63, 3.8) is 0 Å². The third-order valence-electron chi connectivity index (χ3n) is 5.67. The van der Waals surface area contributed by atoms with Gasteiger partial charge in [-0.2, -0.15) is 0 Å². The van der Waals surface area contributed by atoms with E-state index in [-0.39, 0.29) is 18.3 Å². The van der Waals surface area contributed by atoms with Crippen LogP contribution in [0.5, 0.6) is 17.2 Å². The summed E-state index contributed by atoms with van der Waals surface area (Å²) in [6.07, 6.45) is 0.867. The van der Waals surface area contributed by atoms with Crippen LogP contribution in [0.25, 0.3) is 11.1 Å². The molecule has 5 heteroatoms. The summed E-state index contributed by atoms with van der Waals surface area (Å²) in [6.45, 7) is 2.95. The largest absolute Gasteiger partial charge is 0.508 e. The van der Waals surface area contributed by atoms with Crippen LogP contribution in [0.1, 0.15) is 28.4 Å². The highest BCUT2D eigenvalue weighted by Gasteiger charge is 2.50. The maximum absolute atomic E-state index is 13.4. The molecule has 2 heterocycles. The van der Waals surface area contributed by atoms with Crippen molar-refractivity contribution >= 4 is 5.78 Å². The topological polar surface area (TPSA) is 59.0 Å². The van der Waals surface area contributed by atoms with E-state index in [1.54, 1.807) is 18.2 Å².